The van der Waals surface area contributed by atoms with Crippen molar-refractivity contribution in [3.63, 3.8) is 0 Å². The summed E-state index contributed by atoms with van der Waals surface area (Å²) in [6, 6.07) is 2.20. The van der Waals surface area contributed by atoms with Crippen LogP contribution in [0.5, 0.6) is 0 Å². The molecule has 3 heteroatoms. The predicted molar refractivity (Wildman–Crippen MR) is 106 cm³/mol. The van der Waals surface area contributed by atoms with E-state index in [9.17, 15) is 0 Å². The summed E-state index contributed by atoms with van der Waals surface area (Å²) in [5, 5.41) is 2.51. The van der Waals surface area contributed by atoms with E-state index < -0.39 is 0 Å². The first-order chi connectivity index (χ1) is 12.1. The molecule has 2 unspecified atom stereocenters. The van der Waals surface area contributed by atoms with E-state index in [1.165, 1.54) is 55.0 Å². The van der Waals surface area contributed by atoms with Gasteiger partial charge in [-0.2, -0.15) is 0 Å². The number of aliphatic imine (C=N–C) groups is 1. The van der Waals surface area contributed by atoms with E-state index in [4.69, 9.17) is 4.99 Å². The second-order valence-electron chi connectivity index (χ2n) is 8.77. The number of hydrogen-bond donors (Lipinski definition) is 1. The lowest BCUT2D eigenvalue weighted by atomic mass is 9.64. The Morgan fingerprint density at radius 1 is 1.40 bits per heavy atom. The molecule has 0 radical (unpaired) electrons. The average molecular weight is 340 g/mol. The zero-order chi connectivity index (χ0) is 17.4. The molecule has 4 rings (SSSR count). The Morgan fingerprint density at radius 3 is 3.08 bits per heavy atom. The minimum Gasteiger partial charge on any atom is -0.361 e. The second kappa shape index (κ2) is 6.66. The molecule has 2 saturated carbocycles. The third-order valence-electron chi connectivity index (χ3n) is 6.88. The molecular weight excluding hydrogens is 306 g/mol. The van der Waals surface area contributed by atoms with Crippen molar-refractivity contribution in [2.75, 3.05) is 13.1 Å². The van der Waals surface area contributed by atoms with Crippen LogP contribution < -0.4 is 10.6 Å². The van der Waals surface area contributed by atoms with Gasteiger partial charge in [0.2, 0.25) is 0 Å². The van der Waals surface area contributed by atoms with E-state index in [1.807, 2.05) is 13.1 Å². The minimum absolute atomic E-state index is 0.480. The number of likely N-dealkylation sites (tertiary alicyclic amines) is 1. The van der Waals surface area contributed by atoms with Crippen LogP contribution in [0.2, 0.25) is 0 Å². The Bertz CT molecular complexity index is 758. The zero-order valence-corrected chi connectivity index (χ0v) is 16.1. The molecule has 2 aliphatic carbocycles. The molecule has 3 fully saturated rings. The van der Waals surface area contributed by atoms with Crippen molar-refractivity contribution < 1.29 is 0 Å². The van der Waals surface area contributed by atoms with Crippen LogP contribution in [-0.2, 0) is 0 Å². The van der Waals surface area contributed by atoms with Gasteiger partial charge in [0.15, 0.2) is 0 Å². The summed E-state index contributed by atoms with van der Waals surface area (Å²) < 4.78 is 0. The minimum atomic E-state index is 0.480. The number of nitrogens with zero attached hydrogens (tertiary/aromatic N) is 2. The molecule has 1 aliphatic heterocycles. The fourth-order valence-electron chi connectivity index (χ4n) is 5.41. The molecule has 2 heterocycles. The third kappa shape index (κ3) is 3.18. The first-order valence-corrected chi connectivity index (χ1v) is 10.3. The maximum absolute atomic E-state index is 4.83. The molecule has 0 bridgehead atoms. The van der Waals surface area contributed by atoms with Crippen LogP contribution in [0.4, 0.5) is 0 Å². The molecule has 25 heavy (non-hydrogen) atoms. The van der Waals surface area contributed by atoms with E-state index in [0.717, 1.165) is 30.7 Å². The lowest BCUT2D eigenvalue weighted by Crippen LogP contribution is -2.49. The topological polar surface area (TPSA) is 31.4 Å². The summed E-state index contributed by atoms with van der Waals surface area (Å²) in [5.41, 5.74) is 0.480. The average Bonchev–Trinajstić information content (AvgIpc) is 3.17. The molecule has 1 aromatic heterocycles. The first kappa shape index (κ1) is 16.9. The summed E-state index contributed by atoms with van der Waals surface area (Å²) in [6.45, 7) is 9.14. The Hall–Kier alpha value is -1.51. The number of aromatic amines is 1. The fourth-order valence-corrected chi connectivity index (χ4v) is 5.41. The van der Waals surface area contributed by atoms with Gasteiger partial charge in [0.25, 0.3) is 0 Å². The van der Waals surface area contributed by atoms with Crippen molar-refractivity contribution in [1.29, 1.82) is 0 Å². The van der Waals surface area contributed by atoms with Crippen molar-refractivity contribution in [2.24, 2.45) is 28.2 Å². The van der Waals surface area contributed by atoms with Gasteiger partial charge in [-0.1, -0.05) is 26.3 Å². The summed E-state index contributed by atoms with van der Waals surface area (Å²) in [4.78, 5) is 10.8. The van der Waals surface area contributed by atoms with Crippen LogP contribution in [0.3, 0.4) is 0 Å². The van der Waals surface area contributed by atoms with Crippen molar-refractivity contribution in [2.45, 2.75) is 59.3 Å². The molecule has 3 nitrogen and oxygen atoms in total. The fraction of sp³-hybridized carbons (Fsp3) is 0.682. The van der Waals surface area contributed by atoms with Crippen LogP contribution in [0.1, 0.15) is 59.3 Å². The molecular formula is C22H33N3. The summed E-state index contributed by atoms with van der Waals surface area (Å²) in [5.74, 6) is 4.20. The molecule has 1 N–H and O–H groups in total. The third-order valence-corrected chi connectivity index (χ3v) is 6.88. The van der Waals surface area contributed by atoms with Gasteiger partial charge in [0, 0.05) is 36.1 Å². The van der Waals surface area contributed by atoms with E-state index in [1.54, 1.807) is 0 Å². The van der Waals surface area contributed by atoms with Gasteiger partial charge in [-0.3, -0.25) is 0 Å². The van der Waals surface area contributed by atoms with Crippen LogP contribution in [0, 0.1) is 23.2 Å². The van der Waals surface area contributed by atoms with Gasteiger partial charge in [-0.15, -0.1) is 0 Å². The van der Waals surface area contributed by atoms with Crippen molar-refractivity contribution in [1.82, 2.24) is 9.88 Å². The second-order valence-corrected chi connectivity index (χ2v) is 8.77. The molecule has 0 amide bonds. The highest BCUT2D eigenvalue weighted by Crippen LogP contribution is 2.60. The summed E-state index contributed by atoms with van der Waals surface area (Å²) in [6.07, 6.45) is 14.4. The maximum Gasteiger partial charge on any atom is 0.137 e. The maximum atomic E-state index is 4.83. The van der Waals surface area contributed by atoms with Gasteiger partial charge in [-0.05, 0) is 68.3 Å². The SMILES string of the molecule is C\C=N/C(=c1/cc[nH]/c1=C\CCC)N1CC[C@@H]2CC3CC3C[C@]2(C)C1. The zero-order valence-electron chi connectivity index (χ0n) is 16.1. The van der Waals surface area contributed by atoms with E-state index in [-0.39, 0.29) is 0 Å². The quantitative estimate of drug-likeness (QED) is 0.836. The van der Waals surface area contributed by atoms with Crippen LogP contribution in [0.25, 0.3) is 11.9 Å². The predicted octanol–water partition coefficient (Wildman–Crippen LogP) is 3.51. The molecule has 0 spiro atoms. The summed E-state index contributed by atoms with van der Waals surface area (Å²) >= 11 is 0. The van der Waals surface area contributed by atoms with Crippen LogP contribution in [0.15, 0.2) is 17.3 Å². The lowest BCUT2D eigenvalue weighted by Gasteiger charge is -2.49. The number of piperidine rings is 1. The number of aromatic nitrogens is 1. The standard InChI is InChI=1S/C22H33N3/c1-4-6-7-20-19(8-10-24-20)21(23-5-2)25-11-9-18-13-16-12-17(16)14-22(18,3)15-25/h5,7-8,10,16-18,24H,4,6,9,11-15H2,1-3H3/b20-7-,21-19+,23-5-/t16?,17?,18-,22-/m1/s1. The highest BCUT2D eigenvalue weighted by molar-refractivity contribution is 5.62. The van der Waals surface area contributed by atoms with Crippen molar-refractivity contribution >= 4 is 18.1 Å². The largest absolute Gasteiger partial charge is 0.361 e. The number of rotatable bonds is 4. The number of hydrogen-bond acceptors (Lipinski definition) is 2. The number of fused-ring (bicyclic) bond motifs is 2. The van der Waals surface area contributed by atoms with Crippen molar-refractivity contribution in [3.05, 3.63) is 22.8 Å². The van der Waals surface area contributed by atoms with E-state index in [2.05, 4.69) is 42.1 Å². The van der Waals surface area contributed by atoms with Gasteiger partial charge in [-0.25, -0.2) is 4.99 Å². The normalized spacial score (nSPS) is 36.4. The van der Waals surface area contributed by atoms with Gasteiger partial charge >= 0.3 is 0 Å². The lowest BCUT2D eigenvalue weighted by molar-refractivity contribution is 0.0278. The number of unbranched alkanes of at least 4 members (excludes halogenated alkanes) is 1. The van der Waals surface area contributed by atoms with Crippen LogP contribution in [-0.4, -0.2) is 29.2 Å². The Balaban J connectivity index is 1.68. The molecule has 3 aliphatic rings. The summed E-state index contributed by atoms with van der Waals surface area (Å²) in [7, 11) is 0. The van der Waals surface area contributed by atoms with Gasteiger partial charge in [0.05, 0.1) is 0 Å². The Kier molecular flexibility index (Phi) is 4.51. The van der Waals surface area contributed by atoms with E-state index >= 15 is 0 Å². The molecule has 1 aromatic rings. The van der Waals surface area contributed by atoms with E-state index in [0.29, 0.717) is 5.41 Å². The molecule has 136 valence electrons. The van der Waals surface area contributed by atoms with Gasteiger partial charge in [0.1, 0.15) is 5.82 Å². The molecule has 4 atom stereocenters. The van der Waals surface area contributed by atoms with Crippen molar-refractivity contribution in [3.8, 4) is 0 Å². The smallest absolute Gasteiger partial charge is 0.137 e. The molecule has 0 aromatic carbocycles. The monoisotopic (exact) mass is 339 g/mol. The number of nitrogens with one attached hydrogen (secondary N) is 1. The first-order valence-electron chi connectivity index (χ1n) is 10.3. The highest BCUT2D eigenvalue weighted by Gasteiger charge is 2.53. The van der Waals surface area contributed by atoms with Gasteiger partial charge < -0.3 is 9.88 Å². The highest BCUT2D eigenvalue weighted by atomic mass is 15.2. The Labute approximate surface area is 151 Å². The van der Waals surface area contributed by atoms with Crippen LogP contribution >= 0.6 is 0 Å². The molecule has 1 saturated heterocycles. The Morgan fingerprint density at radius 2 is 2.28 bits per heavy atom. The number of H-pyrrole nitrogens is 1.